The maximum atomic E-state index is 8.22. The van der Waals surface area contributed by atoms with E-state index < -0.39 is 5.89 Å². The van der Waals surface area contributed by atoms with Crippen molar-refractivity contribution in [3.8, 4) is 22.5 Å². The average Bonchev–Trinajstić information content (AvgIpc) is 3.43. The minimum Gasteiger partial charge on any atom is -0.305 e. The van der Waals surface area contributed by atoms with Crippen molar-refractivity contribution in [3.63, 3.8) is 0 Å². The summed E-state index contributed by atoms with van der Waals surface area (Å²) in [5.41, 5.74) is 4.81. The first-order chi connectivity index (χ1) is 20.9. The van der Waals surface area contributed by atoms with E-state index >= 15 is 0 Å². The number of nitrogens with zero attached hydrogens (tertiary/aromatic N) is 2. The summed E-state index contributed by atoms with van der Waals surface area (Å²) in [6.45, 7) is 3.78. The third kappa shape index (κ3) is 5.87. The number of benzene rings is 5. The first-order valence-electron chi connectivity index (χ1n) is 14.5. The van der Waals surface area contributed by atoms with E-state index in [1.807, 2.05) is 73.8 Å². The van der Waals surface area contributed by atoms with Gasteiger partial charge in [-0.3, -0.25) is 0 Å². The molecule has 0 aliphatic carbocycles. The fraction of sp³-hybridized carbons (Fsp3) is 0.0769. The van der Waals surface area contributed by atoms with Crippen LogP contribution >= 0.6 is 11.3 Å². The first kappa shape index (κ1) is 27.6. The molecule has 0 spiro atoms. The number of rotatable bonds is 3. The van der Waals surface area contributed by atoms with Gasteiger partial charge in [-0.1, -0.05) is 96.9 Å². The monoisotopic (exact) mass is 750 g/mol. The largest absolute Gasteiger partial charge is 0.305 e. The van der Waals surface area contributed by atoms with Crippen molar-refractivity contribution in [2.24, 2.45) is 0 Å². The van der Waals surface area contributed by atoms with Gasteiger partial charge in [0.05, 0.1) is 0 Å². The summed E-state index contributed by atoms with van der Waals surface area (Å²) in [5, 5.41) is 7.39. The van der Waals surface area contributed by atoms with Crippen LogP contribution in [0.5, 0.6) is 0 Å². The summed E-state index contributed by atoms with van der Waals surface area (Å²) >= 11 is 1.82. The zero-order valence-electron chi connectivity index (χ0n) is 24.8. The molecule has 43 heavy (non-hydrogen) atoms. The van der Waals surface area contributed by atoms with Crippen molar-refractivity contribution in [2.45, 2.75) is 19.7 Å². The zero-order chi connectivity index (χ0) is 29.4. The molecule has 2 nitrogen and oxygen atoms in total. The normalized spacial score (nSPS) is 11.6. The molecule has 1 radical (unpaired) electrons. The van der Waals surface area contributed by atoms with Crippen LogP contribution in [0.4, 0.5) is 0 Å². The summed E-state index contributed by atoms with van der Waals surface area (Å²) in [4.78, 5) is 9.05. The summed E-state index contributed by atoms with van der Waals surface area (Å²) in [6, 6.07) is 46.0. The molecule has 3 aromatic heterocycles. The molecule has 0 unspecified atom stereocenters. The molecule has 8 aromatic rings. The van der Waals surface area contributed by atoms with Gasteiger partial charge in [0, 0.05) is 54.0 Å². The van der Waals surface area contributed by atoms with Crippen LogP contribution in [0.2, 0.25) is 0 Å². The van der Waals surface area contributed by atoms with Crippen LogP contribution in [-0.2, 0) is 20.1 Å². The maximum Gasteiger partial charge on any atom is 0.0355 e. The minimum absolute atomic E-state index is 0. The molecule has 0 aliphatic heterocycles. The number of aromatic nitrogens is 2. The van der Waals surface area contributed by atoms with Crippen LogP contribution in [0, 0.1) is 12.1 Å². The van der Waals surface area contributed by atoms with Gasteiger partial charge in [0.25, 0.3) is 0 Å². The standard InChI is InChI=1S/C22H18N.C17H10NS.Ir/c1-15(2)17-11-12-23-22(14-17)19-9-10-21-18(13-19)8-7-16-5-3-4-6-20(16)21;1-2-6-12(7-3-1)15-10-17-14(11-18-15)13-8-4-5-9-16(13)19-17;/h3-8,10-15H,1-2H3;1-6,8-11H;/q2*-1;/i15D;;. The molecule has 0 saturated carbocycles. The van der Waals surface area contributed by atoms with Crippen molar-refractivity contribution in [1.29, 1.82) is 0 Å². The molecule has 0 bridgehead atoms. The van der Waals surface area contributed by atoms with Crippen LogP contribution in [0.1, 0.15) is 26.7 Å². The smallest absolute Gasteiger partial charge is 0.0355 e. The van der Waals surface area contributed by atoms with E-state index in [0.717, 1.165) is 28.1 Å². The Bertz CT molecular complexity index is 2240. The van der Waals surface area contributed by atoms with Crippen LogP contribution in [0.15, 0.2) is 128 Å². The van der Waals surface area contributed by atoms with Gasteiger partial charge in [0.15, 0.2) is 0 Å². The third-order valence-electron chi connectivity index (χ3n) is 7.54. The first-order valence-corrected chi connectivity index (χ1v) is 14.8. The topological polar surface area (TPSA) is 25.8 Å². The molecule has 211 valence electrons. The van der Waals surface area contributed by atoms with Crippen LogP contribution in [-0.4, -0.2) is 9.97 Å². The van der Waals surface area contributed by atoms with E-state index in [-0.39, 0.29) is 20.1 Å². The number of thiophene rings is 1. The predicted molar refractivity (Wildman–Crippen MR) is 179 cm³/mol. The predicted octanol–water partition coefficient (Wildman–Crippen LogP) is 10.9. The molecular formula is C39H28IrN2S-2. The summed E-state index contributed by atoms with van der Waals surface area (Å²) in [7, 11) is 0. The zero-order valence-corrected chi connectivity index (χ0v) is 27.0. The molecule has 4 heteroatoms. The van der Waals surface area contributed by atoms with Crippen molar-refractivity contribution in [3.05, 3.63) is 145 Å². The number of fused-ring (bicyclic) bond motifs is 6. The van der Waals surface area contributed by atoms with Crippen molar-refractivity contribution in [1.82, 2.24) is 9.97 Å². The number of pyridine rings is 2. The molecule has 3 heterocycles. The molecular weight excluding hydrogens is 721 g/mol. The van der Waals surface area contributed by atoms with Crippen LogP contribution in [0.25, 0.3) is 64.2 Å². The van der Waals surface area contributed by atoms with E-state index in [1.54, 1.807) is 6.20 Å². The third-order valence-corrected chi connectivity index (χ3v) is 8.67. The molecule has 0 aliphatic rings. The SMILES string of the molecule is [2H]C(C)(C)c1ccnc(-c2[c-]cc3c(ccc4ccccc43)c2)c1.[Ir].[c-]1ccccc1-c1cc2sc3ccccc3c2cn1. The Morgan fingerprint density at radius 3 is 2.26 bits per heavy atom. The quantitative estimate of drug-likeness (QED) is 0.133. The van der Waals surface area contributed by atoms with Crippen LogP contribution in [0.3, 0.4) is 0 Å². The van der Waals surface area contributed by atoms with Gasteiger partial charge < -0.3 is 9.97 Å². The molecule has 5 aromatic carbocycles. The Morgan fingerprint density at radius 2 is 1.42 bits per heavy atom. The molecule has 8 rings (SSSR count). The van der Waals surface area contributed by atoms with E-state index in [9.17, 15) is 0 Å². The van der Waals surface area contributed by atoms with Gasteiger partial charge in [-0.25, -0.2) is 0 Å². The van der Waals surface area contributed by atoms with Gasteiger partial charge in [0.2, 0.25) is 0 Å². The number of hydrogen-bond donors (Lipinski definition) is 0. The maximum absolute atomic E-state index is 8.22. The Labute approximate surface area is 270 Å². The summed E-state index contributed by atoms with van der Waals surface area (Å²) < 4.78 is 10.8. The van der Waals surface area contributed by atoms with Gasteiger partial charge in [-0.05, 0) is 34.8 Å². The fourth-order valence-corrected chi connectivity index (χ4v) is 6.42. The molecule has 0 fully saturated rings. The van der Waals surface area contributed by atoms with E-state index in [4.69, 9.17) is 1.37 Å². The molecule has 0 atom stereocenters. The van der Waals surface area contributed by atoms with Crippen molar-refractivity contribution >= 4 is 53.1 Å². The minimum atomic E-state index is -0.634. The summed E-state index contributed by atoms with van der Waals surface area (Å²) in [5.74, 6) is -0.634. The Balaban J connectivity index is 0.000000156. The van der Waals surface area contributed by atoms with Crippen molar-refractivity contribution in [2.75, 3.05) is 0 Å². The Kier molecular flexibility index (Phi) is 8.07. The van der Waals surface area contributed by atoms with Gasteiger partial charge in [0.1, 0.15) is 0 Å². The molecule has 0 saturated heterocycles. The van der Waals surface area contributed by atoms with E-state index in [2.05, 4.69) is 94.9 Å². The van der Waals surface area contributed by atoms with E-state index in [0.29, 0.717) is 0 Å². The van der Waals surface area contributed by atoms with Gasteiger partial charge in [-0.2, -0.15) is 0 Å². The van der Waals surface area contributed by atoms with E-state index in [1.165, 1.54) is 41.7 Å². The Hall–Kier alpha value is -4.21. The summed E-state index contributed by atoms with van der Waals surface area (Å²) in [6.07, 6.45) is 3.75. The number of hydrogen-bond acceptors (Lipinski definition) is 3. The van der Waals surface area contributed by atoms with Gasteiger partial charge >= 0.3 is 0 Å². The second kappa shape index (κ2) is 12.6. The average molecular weight is 750 g/mol. The van der Waals surface area contributed by atoms with Gasteiger partial charge in [-0.15, -0.1) is 76.4 Å². The fourth-order valence-electron chi connectivity index (χ4n) is 5.30. The Morgan fingerprint density at radius 1 is 0.651 bits per heavy atom. The van der Waals surface area contributed by atoms with Crippen LogP contribution < -0.4 is 0 Å². The molecule has 0 amide bonds. The van der Waals surface area contributed by atoms with Crippen molar-refractivity contribution < 1.29 is 21.5 Å². The molecule has 0 N–H and O–H groups in total. The second-order valence-corrected chi connectivity index (χ2v) is 11.6. The second-order valence-electron chi connectivity index (χ2n) is 10.5.